The summed E-state index contributed by atoms with van der Waals surface area (Å²) in [4.78, 5) is 29.0. The third-order valence-corrected chi connectivity index (χ3v) is 6.47. The Balaban J connectivity index is 1.84. The molecule has 0 saturated carbocycles. The average Bonchev–Trinajstić information content (AvgIpc) is 3.27. The maximum atomic E-state index is 14.7. The molecular weight excluding hydrogens is 473 g/mol. The van der Waals surface area contributed by atoms with Crippen molar-refractivity contribution in [3.05, 3.63) is 83.7 Å². The molecule has 0 aliphatic carbocycles. The number of aromatic nitrogens is 3. The normalized spacial score (nSPS) is 12.4. The van der Waals surface area contributed by atoms with E-state index in [2.05, 4.69) is 15.6 Å². The van der Waals surface area contributed by atoms with Crippen LogP contribution in [0, 0.1) is 12.7 Å². The lowest BCUT2D eigenvalue weighted by molar-refractivity contribution is -0.128. The van der Waals surface area contributed by atoms with E-state index in [1.54, 1.807) is 43.3 Å². The highest BCUT2D eigenvalue weighted by molar-refractivity contribution is 6.01. The Morgan fingerprint density at radius 2 is 1.81 bits per heavy atom. The minimum atomic E-state index is -1.14. The van der Waals surface area contributed by atoms with Gasteiger partial charge in [-0.3, -0.25) is 14.5 Å². The van der Waals surface area contributed by atoms with Gasteiger partial charge in [-0.15, -0.1) is 5.10 Å². The number of phenolic OH excluding ortho intramolecular Hbond substituents is 1. The zero-order valence-electron chi connectivity index (χ0n) is 21.3. The Kier molecular flexibility index (Phi) is 7.24. The maximum absolute atomic E-state index is 14.7. The first-order valence-corrected chi connectivity index (χ1v) is 12.1. The molecule has 1 atom stereocenters. The predicted octanol–water partition coefficient (Wildman–Crippen LogP) is 4.66. The van der Waals surface area contributed by atoms with E-state index in [0.717, 1.165) is 0 Å². The highest BCUT2D eigenvalue weighted by Gasteiger charge is 2.35. The highest BCUT2D eigenvalue weighted by Crippen LogP contribution is 2.31. The fourth-order valence-corrected chi connectivity index (χ4v) is 3.97. The van der Waals surface area contributed by atoms with Crippen molar-refractivity contribution in [3.63, 3.8) is 0 Å². The standard InChI is InChI=1S/C28H30FN5O3/c1-5-28(3,4)30-27(37)26(19-11-14-21(35)15-12-19)34(20-13-10-18(2)22(29)16-20)25(36)17-33-24-9-7-6-8-23(24)31-32-33/h6-16,26,35H,5,17H2,1-4H3,(H,30,37). The average molecular weight is 504 g/mol. The summed E-state index contributed by atoms with van der Waals surface area (Å²) in [5.41, 5.74) is 1.82. The fourth-order valence-electron chi connectivity index (χ4n) is 3.97. The van der Waals surface area contributed by atoms with Crippen LogP contribution in [0.1, 0.15) is 44.4 Å². The van der Waals surface area contributed by atoms with Crippen molar-refractivity contribution in [1.29, 1.82) is 0 Å². The van der Waals surface area contributed by atoms with Crippen LogP contribution in [0.4, 0.5) is 10.1 Å². The molecule has 0 aliphatic heterocycles. The lowest BCUT2D eigenvalue weighted by Gasteiger charge is -2.34. The number of phenols is 1. The number of fused-ring (bicyclic) bond motifs is 1. The van der Waals surface area contributed by atoms with Gasteiger partial charge in [-0.05, 0) is 74.7 Å². The van der Waals surface area contributed by atoms with Gasteiger partial charge in [-0.1, -0.05) is 42.5 Å². The molecule has 2 amide bonds. The number of nitrogens with zero attached hydrogens (tertiary/aromatic N) is 4. The molecule has 192 valence electrons. The Bertz CT molecular complexity index is 1430. The van der Waals surface area contributed by atoms with Gasteiger partial charge in [0.25, 0.3) is 0 Å². The van der Waals surface area contributed by atoms with Crippen molar-refractivity contribution in [2.45, 2.75) is 52.2 Å². The van der Waals surface area contributed by atoms with Crippen molar-refractivity contribution in [2.75, 3.05) is 4.90 Å². The molecule has 1 heterocycles. The number of carbonyl (C=O) groups excluding carboxylic acids is 2. The summed E-state index contributed by atoms with van der Waals surface area (Å²) in [6, 6.07) is 16.6. The second-order valence-corrected chi connectivity index (χ2v) is 9.65. The van der Waals surface area contributed by atoms with Crippen molar-refractivity contribution in [2.24, 2.45) is 0 Å². The molecule has 3 aromatic carbocycles. The predicted molar refractivity (Wildman–Crippen MR) is 140 cm³/mol. The highest BCUT2D eigenvalue weighted by atomic mass is 19.1. The summed E-state index contributed by atoms with van der Waals surface area (Å²) in [5, 5.41) is 21.1. The van der Waals surface area contributed by atoms with Crippen LogP contribution in [0.5, 0.6) is 5.75 Å². The first-order chi connectivity index (χ1) is 17.6. The minimum absolute atomic E-state index is 0.0186. The van der Waals surface area contributed by atoms with Crippen molar-refractivity contribution < 1.29 is 19.1 Å². The van der Waals surface area contributed by atoms with Gasteiger partial charge in [0.15, 0.2) is 0 Å². The van der Waals surface area contributed by atoms with Crippen LogP contribution >= 0.6 is 0 Å². The van der Waals surface area contributed by atoms with Gasteiger partial charge >= 0.3 is 0 Å². The van der Waals surface area contributed by atoms with E-state index in [-0.39, 0.29) is 18.0 Å². The first-order valence-electron chi connectivity index (χ1n) is 12.1. The number of para-hydroxylation sites is 1. The molecule has 0 aliphatic rings. The van der Waals surface area contributed by atoms with Gasteiger partial charge in [0, 0.05) is 11.2 Å². The second-order valence-electron chi connectivity index (χ2n) is 9.65. The number of hydrogen-bond donors (Lipinski definition) is 2. The van der Waals surface area contributed by atoms with Crippen LogP contribution in [0.25, 0.3) is 11.0 Å². The Morgan fingerprint density at radius 1 is 1.11 bits per heavy atom. The molecule has 8 nitrogen and oxygen atoms in total. The minimum Gasteiger partial charge on any atom is -0.508 e. The van der Waals surface area contributed by atoms with Crippen LogP contribution in [0.3, 0.4) is 0 Å². The number of anilines is 1. The molecule has 0 radical (unpaired) electrons. The van der Waals surface area contributed by atoms with E-state index >= 15 is 0 Å². The molecule has 37 heavy (non-hydrogen) atoms. The zero-order chi connectivity index (χ0) is 26.7. The van der Waals surface area contributed by atoms with Gasteiger partial charge in [-0.2, -0.15) is 0 Å². The molecule has 2 N–H and O–H groups in total. The van der Waals surface area contributed by atoms with E-state index in [1.165, 1.54) is 27.8 Å². The summed E-state index contributed by atoms with van der Waals surface area (Å²) < 4.78 is 16.2. The number of aryl methyl sites for hydroxylation is 1. The fraction of sp³-hybridized carbons (Fsp3) is 0.286. The molecule has 1 aromatic heterocycles. The quantitative estimate of drug-likeness (QED) is 0.364. The van der Waals surface area contributed by atoms with Crippen LogP contribution in [0.2, 0.25) is 0 Å². The molecule has 1 unspecified atom stereocenters. The third-order valence-electron chi connectivity index (χ3n) is 6.47. The summed E-state index contributed by atoms with van der Waals surface area (Å²) in [7, 11) is 0. The van der Waals surface area contributed by atoms with Crippen molar-refractivity contribution in [1.82, 2.24) is 20.3 Å². The van der Waals surface area contributed by atoms with Gasteiger partial charge in [0.2, 0.25) is 11.8 Å². The second kappa shape index (κ2) is 10.4. The number of rotatable bonds is 8. The van der Waals surface area contributed by atoms with E-state index in [0.29, 0.717) is 28.6 Å². The van der Waals surface area contributed by atoms with Crippen molar-refractivity contribution >= 4 is 28.5 Å². The topological polar surface area (TPSA) is 100 Å². The molecule has 4 rings (SSSR count). The SMILES string of the molecule is CCC(C)(C)NC(=O)C(c1ccc(O)cc1)N(C(=O)Cn1nnc2ccccc21)c1ccc(C)c(F)c1. The molecule has 0 fully saturated rings. The maximum Gasteiger partial charge on any atom is 0.249 e. The van der Waals surface area contributed by atoms with Crippen LogP contribution in [0.15, 0.2) is 66.7 Å². The first kappa shape index (κ1) is 25.8. The monoisotopic (exact) mass is 503 g/mol. The number of halogens is 1. The van der Waals surface area contributed by atoms with Crippen molar-refractivity contribution in [3.8, 4) is 5.75 Å². The Hall–Kier alpha value is -4.27. The number of benzene rings is 3. The lowest BCUT2D eigenvalue weighted by atomic mass is 9.98. The van der Waals surface area contributed by atoms with Gasteiger partial charge < -0.3 is 10.4 Å². The molecule has 0 bridgehead atoms. The van der Waals surface area contributed by atoms with E-state index < -0.39 is 29.2 Å². The largest absolute Gasteiger partial charge is 0.508 e. The van der Waals surface area contributed by atoms with Crippen LogP contribution in [-0.2, 0) is 16.1 Å². The van der Waals surface area contributed by atoms with Crippen LogP contribution in [-0.4, -0.2) is 37.5 Å². The number of aromatic hydroxyl groups is 1. The van der Waals surface area contributed by atoms with Gasteiger partial charge in [0.1, 0.15) is 29.7 Å². The number of carbonyl (C=O) groups is 2. The van der Waals surface area contributed by atoms with E-state index in [4.69, 9.17) is 0 Å². The van der Waals surface area contributed by atoms with E-state index in [1.807, 2.05) is 32.9 Å². The Labute approximate surface area is 214 Å². The third kappa shape index (κ3) is 5.61. The number of nitrogens with one attached hydrogen (secondary N) is 1. The lowest BCUT2D eigenvalue weighted by Crippen LogP contribution is -2.51. The van der Waals surface area contributed by atoms with Gasteiger partial charge in [-0.25, -0.2) is 9.07 Å². The molecule has 0 saturated heterocycles. The summed E-state index contributed by atoms with van der Waals surface area (Å²) >= 11 is 0. The zero-order valence-corrected chi connectivity index (χ0v) is 21.3. The molecule has 0 spiro atoms. The number of hydrogen-bond acceptors (Lipinski definition) is 5. The van der Waals surface area contributed by atoms with Crippen LogP contribution < -0.4 is 10.2 Å². The van der Waals surface area contributed by atoms with Gasteiger partial charge in [0.05, 0.1) is 5.52 Å². The molecular formula is C28H30FN5O3. The molecule has 4 aromatic rings. The number of amides is 2. The summed E-state index contributed by atoms with van der Waals surface area (Å²) in [6.45, 7) is 7.12. The molecule has 9 heteroatoms. The Morgan fingerprint density at radius 3 is 2.49 bits per heavy atom. The van der Waals surface area contributed by atoms with E-state index in [9.17, 15) is 19.1 Å². The smallest absolute Gasteiger partial charge is 0.249 e. The summed E-state index contributed by atoms with van der Waals surface area (Å²) in [5.74, 6) is -1.40. The summed E-state index contributed by atoms with van der Waals surface area (Å²) in [6.07, 6.45) is 0.652.